The summed E-state index contributed by atoms with van der Waals surface area (Å²) in [5.74, 6) is 1.99. The van der Waals surface area contributed by atoms with Gasteiger partial charge in [0, 0.05) is 38.4 Å². The van der Waals surface area contributed by atoms with E-state index in [1.165, 1.54) is 0 Å². The predicted molar refractivity (Wildman–Crippen MR) is 77.4 cm³/mol. The average molecular weight is 292 g/mol. The molecule has 2 fully saturated rings. The number of nitrogens with two attached hydrogens (primary N) is 1. The molecule has 0 aromatic carbocycles. The van der Waals surface area contributed by atoms with Crippen LogP contribution in [-0.4, -0.2) is 39.6 Å². The van der Waals surface area contributed by atoms with Gasteiger partial charge in [0.2, 0.25) is 11.8 Å². The summed E-state index contributed by atoms with van der Waals surface area (Å²) >= 11 is 0. The Morgan fingerprint density at radius 3 is 2.90 bits per heavy atom. The van der Waals surface area contributed by atoms with Gasteiger partial charge in [-0.25, -0.2) is 0 Å². The molecule has 1 saturated carbocycles. The third-order valence-corrected chi connectivity index (χ3v) is 4.77. The summed E-state index contributed by atoms with van der Waals surface area (Å²) in [6.45, 7) is 3.45. The van der Waals surface area contributed by atoms with Crippen LogP contribution in [-0.2, 0) is 11.2 Å². The van der Waals surface area contributed by atoms with Crippen LogP contribution < -0.4 is 5.73 Å². The van der Waals surface area contributed by atoms with E-state index < -0.39 is 0 Å². The highest BCUT2D eigenvalue weighted by molar-refractivity contribution is 5.77. The summed E-state index contributed by atoms with van der Waals surface area (Å²) in [5.41, 5.74) is 5.96. The number of carbonyl (C=O) groups is 1. The molecule has 6 heteroatoms. The highest BCUT2D eigenvalue weighted by Crippen LogP contribution is 2.33. The Morgan fingerprint density at radius 2 is 2.29 bits per heavy atom. The highest BCUT2D eigenvalue weighted by Gasteiger charge is 2.36. The first-order chi connectivity index (χ1) is 10.0. The molecule has 3 rings (SSSR count). The molecule has 1 aromatic rings. The Kier molecular flexibility index (Phi) is 3.97. The monoisotopic (exact) mass is 292 g/mol. The number of aryl methyl sites for hydroxylation is 1. The molecule has 1 unspecified atom stereocenters. The van der Waals surface area contributed by atoms with Gasteiger partial charge in [0.05, 0.1) is 0 Å². The van der Waals surface area contributed by atoms with Crippen LogP contribution in [0.3, 0.4) is 0 Å². The molecule has 21 heavy (non-hydrogen) atoms. The van der Waals surface area contributed by atoms with Gasteiger partial charge in [-0.2, -0.15) is 4.98 Å². The number of likely N-dealkylation sites (tertiary alicyclic amines) is 1. The van der Waals surface area contributed by atoms with E-state index in [1.54, 1.807) is 6.92 Å². The van der Waals surface area contributed by atoms with Crippen LogP contribution in [0.5, 0.6) is 0 Å². The molecule has 0 spiro atoms. The summed E-state index contributed by atoms with van der Waals surface area (Å²) < 4.78 is 5.01. The molecule has 0 bridgehead atoms. The lowest BCUT2D eigenvalue weighted by Gasteiger charge is -2.40. The van der Waals surface area contributed by atoms with Crippen LogP contribution in [0, 0.1) is 12.8 Å². The van der Waals surface area contributed by atoms with Gasteiger partial charge < -0.3 is 15.2 Å². The standard InChI is InChI=1S/C15H24N4O2/c1-11-17-13(18-21-11)8-12-4-2-7-19(10-12)14(20)9-15(16)5-3-6-15/h12H,2-10,16H2,1H3. The van der Waals surface area contributed by atoms with Gasteiger partial charge >= 0.3 is 0 Å². The van der Waals surface area contributed by atoms with E-state index in [2.05, 4.69) is 10.1 Å². The van der Waals surface area contributed by atoms with Crippen molar-refractivity contribution in [2.45, 2.75) is 57.4 Å². The smallest absolute Gasteiger partial charge is 0.224 e. The van der Waals surface area contributed by atoms with Crippen molar-refractivity contribution in [2.75, 3.05) is 13.1 Å². The number of aromatic nitrogens is 2. The van der Waals surface area contributed by atoms with Gasteiger partial charge in [-0.3, -0.25) is 4.79 Å². The molecule has 1 saturated heterocycles. The molecule has 0 radical (unpaired) electrons. The number of piperidine rings is 1. The van der Waals surface area contributed by atoms with Crippen LogP contribution >= 0.6 is 0 Å². The molecule has 1 aromatic heterocycles. The van der Waals surface area contributed by atoms with Gasteiger partial charge in [0.15, 0.2) is 5.82 Å². The summed E-state index contributed by atoms with van der Waals surface area (Å²) in [6, 6.07) is 0. The summed E-state index contributed by atoms with van der Waals surface area (Å²) in [5, 5.41) is 3.95. The van der Waals surface area contributed by atoms with Crippen LogP contribution in [0.15, 0.2) is 4.52 Å². The van der Waals surface area contributed by atoms with Crippen LogP contribution in [0.4, 0.5) is 0 Å². The molecular formula is C15H24N4O2. The summed E-state index contributed by atoms with van der Waals surface area (Å²) in [6.07, 6.45) is 6.58. The van der Waals surface area contributed by atoms with Crippen molar-refractivity contribution in [2.24, 2.45) is 11.7 Å². The molecule has 2 N–H and O–H groups in total. The first-order valence-electron chi connectivity index (χ1n) is 7.90. The zero-order valence-corrected chi connectivity index (χ0v) is 12.7. The topological polar surface area (TPSA) is 85.2 Å². The fourth-order valence-corrected chi connectivity index (χ4v) is 3.36. The maximum atomic E-state index is 12.4. The Balaban J connectivity index is 1.53. The summed E-state index contributed by atoms with van der Waals surface area (Å²) in [7, 11) is 0. The highest BCUT2D eigenvalue weighted by atomic mass is 16.5. The van der Waals surface area contributed by atoms with Crippen LogP contribution in [0.2, 0.25) is 0 Å². The van der Waals surface area contributed by atoms with Crippen molar-refractivity contribution in [1.82, 2.24) is 15.0 Å². The van der Waals surface area contributed by atoms with E-state index >= 15 is 0 Å². The van der Waals surface area contributed by atoms with Gasteiger partial charge in [-0.15, -0.1) is 0 Å². The Morgan fingerprint density at radius 1 is 1.48 bits per heavy atom. The van der Waals surface area contributed by atoms with Crippen molar-refractivity contribution in [3.8, 4) is 0 Å². The van der Waals surface area contributed by atoms with Crippen molar-refractivity contribution in [3.05, 3.63) is 11.7 Å². The minimum Gasteiger partial charge on any atom is -0.342 e. The lowest BCUT2D eigenvalue weighted by molar-refractivity contribution is -0.135. The maximum absolute atomic E-state index is 12.4. The second-order valence-corrected chi connectivity index (χ2v) is 6.67. The van der Waals surface area contributed by atoms with E-state index in [0.29, 0.717) is 18.2 Å². The quantitative estimate of drug-likeness (QED) is 0.907. The Labute approximate surface area is 125 Å². The molecule has 2 heterocycles. The number of nitrogens with zero attached hydrogens (tertiary/aromatic N) is 3. The fourth-order valence-electron chi connectivity index (χ4n) is 3.36. The first-order valence-corrected chi connectivity index (χ1v) is 7.90. The van der Waals surface area contributed by atoms with Crippen molar-refractivity contribution < 1.29 is 9.32 Å². The molecule has 6 nitrogen and oxygen atoms in total. The molecule has 1 aliphatic heterocycles. The van der Waals surface area contributed by atoms with Crippen LogP contribution in [0.25, 0.3) is 0 Å². The third-order valence-electron chi connectivity index (χ3n) is 4.77. The molecule has 2 aliphatic rings. The lowest BCUT2D eigenvalue weighted by Crippen LogP contribution is -2.52. The fraction of sp³-hybridized carbons (Fsp3) is 0.800. The number of hydrogen-bond acceptors (Lipinski definition) is 5. The van der Waals surface area contributed by atoms with E-state index in [1.807, 2.05) is 4.90 Å². The zero-order valence-electron chi connectivity index (χ0n) is 12.7. The Bertz CT molecular complexity index is 510. The predicted octanol–water partition coefficient (Wildman–Crippen LogP) is 1.43. The zero-order chi connectivity index (χ0) is 14.9. The van der Waals surface area contributed by atoms with Gasteiger partial charge in [0.25, 0.3) is 0 Å². The van der Waals surface area contributed by atoms with Gasteiger partial charge in [0.1, 0.15) is 0 Å². The lowest BCUT2D eigenvalue weighted by atomic mass is 9.75. The minimum absolute atomic E-state index is 0.214. The second-order valence-electron chi connectivity index (χ2n) is 6.67. The maximum Gasteiger partial charge on any atom is 0.224 e. The number of amides is 1. The largest absolute Gasteiger partial charge is 0.342 e. The molecule has 1 aliphatic carbocycles. The van der Waals surface area contributed by atoms with Gasteiger partial charge in [-0.1, -0.05) is 5.16 Å². The first kappa shape index (κ1) is 14.5. The second kappa shape index (κ2) is 5.75. The van der Waals surface area contributed by atoms with Crippen molar-refractivity contribution in [1.29, 1.82) is 0 Å². The average Bonchev–Trinajstić information content (AvgIpc) is 2.82. The molecule has 1 amide bonds. The van der Waals surface area contributed by atoms with E-state index in [0.717, 1.165) is 57.4 Å². The molecule has 116 valence electrons. The van der Waals surface area contributed by atoms with Crippen LogP contribution in [0.1, 0.15) is 50.2 Å². The van der Waals surface area contributed by atoms with Gasteiger partial charge in [-0.05, 0) is 38.0 Å². The number of hydrogen-bond donors (Lipinski definition) is 1. The normalized spacial score (nSPS) is 24.7. The van der Waals surface area contributed by atoms with Crippen molar-refractivity contribution >= 4 is 5.91 Å². The van der Waals surface area contributed by atoms with E-state index in [-0.39, 0.29) is 11.4 Å². The number of rotatable bonds is 4. The van der Waals surface area contributed by atoms with E-state index in [9.17, 15) is 4.79 Å². The Hall–Kier alpha value is -1.43. The molecular weight excluding hydrogens is 268 g/mol. The third kappa shape index (κ3) is 3.43. The molecule has 1 atom stereocenters. The van der Waals surface area contributed by atoms with E-state index in [4.69, 9.17) is 10.3 Å². The SMILES string of the molecule is Cc1nc(CC2CCCN(C(=O)CC3(N)CCC3)C2)no1. The number of carbonyl (C=O) groups excluding carboxylic acids is 1. The minimum atomic E-state index is -0.227. The summed E-state index contributed by atoms with van der Waals surface area (Å²) in [4.78, 5) is 18.6. The van der Waals surface area contributed by atoms with Crippen molar-refractivity contribution in [3.63, 3.8) is 0 Å².